The van der Waals surface area contributed by atoms with Crippen LogP contribution in [-0.4, -0.2) is 39.9 Å². The second-order valence-electron chi connectivity index (χ2n) is 8.81. The molecule has 1 aromatic carbocycles. The number of aryl methyl sites for hydroxylation is 1. The zero-order valence-corrected chi connectivity index (χ0v) is 19.0. The van der Waals surface area contributed by atoms with Crippen molar-refractivity contribution in [2.24, 2.45) is 12.5 Å². The molecular weight excluding hydrogens is 401 g/mol. The Kier molecular flexibility index (Phi) is 7.06. The van der Waals surface area contributed by atoms with Gasteiger partial charge in [0.2, 0.25) is 0 Å². The SMILES string of the molecule is Cc1cc(NC(=O)c2c(C)c(C(=O)C(=O)N[C@@H](CO)C(C)(C)C)n(C)c2C)ccc1F. The Morgan fingerprint density at radius 1 is 1.16 bits per heavy atom. The van der Waals surface area contributed by atoms with E-state index in [1.165, 1.54) is 22.8 Å². The van der Waals surface area contributed by atoms with E-state index >= 15 is 0 Å². The van der Waals surface area contributed by atoms with Crippen molar-refractivity contribution < 1.29 is 23.9 Å². The Morgan fingerprint density at radius 2 is 1.77 bits per heavy atom. The average Bonchev–Trinajstić information content (AvgIpc) is 2.89. The van der Waals surface area contributed by atoms with E-state index in [0.29, 0.717) is 22.5 Å². The van der Waals surface area contributed by atoms with Crippen LogP contribution in [0.15, 0.2) is 18.2 Å². The maximum Gasteiger partial charge on any atom is 0.294 e. The van der Waals surface area contributed by atoms with E-state index < -0.39 is 29.1 Å². The fourth-order valence-electron chi connectivity index (χ4n) is 3.42. The maximum absolute atomic E-state index is 13.5. The molecule has 7 nitrogen and oxygen atoms in total. The van der Waals surface area contributed by atoms with Crippen LogP contribution in [-0.2, 0) is 11.8 Å². The number of amides is 2. The van der Waals surface area contributed by atoms with E-state index in [1.54, 1.807) is 27.8 Å². The lowest BCUT2D eigenvalue weighted by Gasteiger charge is -2.29. The minimum Gasteiger partial charge on any atom is -0.394 e. The molecule has 2 rings (SSSR count). The van der Waals surface area contributed by atoms with E-state index in [2.05, 4.69) is 10.6 Å². The standard InChI is InChI=1S/C23H30FN3O4/c1-12-10-15(8-9-16(12)24)25-21(30)18-13(2)19(27(7)14(18)3)20(29)22(31)26-17(11-28)23(4,5)6/h8-10,17,28H,11H2,1-7H3,(H,25,30)(H,26,31)/t17-/m0/s1. The normalized spacial score (nSPS) is 12.4. The molecule has 3 N–H and O–H groups in total. The maximum atomic E-state index is 13.5. The smallest absolute Gasteiger partial charge is 0.294 e. The Balaban J connectivity index is 2.34. The molecule has 0 spiro atoms. The number of aliphatic hydroxyl groups excluding tert-OH is 1. The summed E-state index contributed by atoms with van der Waals surface area (Å²) in [5, 5.41) is 14.9. The highest BCUT2D eigenvalue weighted by molar-refractivity contribution is 6.43. The van der Waals surface area contributed by atoms with Gasteiger partial charge in [-0.15, -0.1) is 0 Å². The van der Waals surface area contributed by atoms with E-state index in [4.69, 9.17) is 0 Å². The fraction of sp³-hybridized carbons (Fsp3) is 0.435. The highest BCUT2D eigenvalue weighted by atomic mass is 19.1. The van der Waals surface area contributed by atoms with Crippen molar-refractivity contribution in [2.45, 2.75) is 47.6 Å². The summed E-state index contributed by atoms with van der Waals surface area (Å²) in [6, 6.07) is 3.63. The first-order chi connectivity index (χ1) is 14.3. The molecule has 1 atom stereocenters. The van der Waals surface area contributed by atoms with Crippen LogP contribution in [0.25, 0.3) is 0 Å². The molecule has 1 aromatic heterocycles. The summed E-state index contributed by atoms with van der Waals surface area (Å²) in [5.74, 6) is -2.47. The summed E-state index contributed by atoms with van der Waals surface area (Å²) in [4.78, 5) is 38.4. The van der Waals surface area contributed by atoms with Crippen LogP contribution in [0, 0.1) is 32.0 Å². The van der Waals surface area contributed by atoms with Gasteiger partial charge in [0.1, 0.15) is 5.82 Å². The summed E-state index contributed by atoms with van der Waals surface area (Å²) in [6.45, 7) is 10.1. The molecule has 0 saturated carbocycles. The highest BCUT2D eigenvalue weighted by Gasteiger charge is 2.32. The number of hydrogen-bond donors (Lipinski definition) is 3. The minimum atomic E-state index is -0.848. The van der Waals surface area contributed by atoms with Crippen molar-refractivity contribution in [3.63, 3.8) is 0 Å². The van der Waals surface area contributed by atoms with Crippen molar-refractivity contribution in [2.75, 3.05) is 11.9 Å². The zero-order chi connectivity index (χ0) is 23.7. The number of aliphatic hydroxyl groups is 1. The fourth-order valence-corrected chi connectivity index (χ4v) is 3.42. The lowest BCUT2D eigenvalue weighted by molar-refractivity contribution is -0.118. The van der Waals surface area contributed by atoms with Gasteiger partial charge in [0.25, 0.3) is 17.6 Å². The third-order valence-corrected chi connectivity index (χ3v) is 5.53. The lowest BCUT2D eigenvalue weighted by Crippen LogP contribution is -2.48. The van der Waals surface area contributed by atoms with Gasteiger partial charge in [-0.25, -0.2) is 4.39 Å². The second-order valence-corrected chi connectivity index (χ2v) is 8.81. The molecule has 0 aliphatic carbocycles. The Hall–Kier alpha value is -3.00. The topological polar surface area (TPSA) is 100 Å². The van der Waals surface area contributed by atoms with Crippen molar-refractivity contribution in [3.05, 3.63) is 52.1 Å². The van der Waals surface area contributed by atoms with Gasteiger partial charge in [0.15, 0.2) is 0 Å². The van der Waals surface area contributed by atoms with E-state index in [1.807, 2.05) is 20.8 Å². The number of carbonyl (C=O) groups is 3. The zero-order valence-electron chi connectivity index (χ0n) is 19.0. The molecule has 1 heterocycles. The first-order valence-electron chi connectivity index (χ1n) is 9.99. The third-order valence-electron chi connectivity index (χ3n) is 5.53. The van der Waals surface area contributed by atoms with Gasteiger partial charge >= 0.3 is 0 Å². The van der Waals surface area contributed by atoms with Gasteiger partial charge in [-0.2, -0.15) is 0 Å². The number of nitrogens with zero attached hydrogens (tertiary/aromatic N) is 1. The van der Waals surface area contributed by atoms with E-state index in [9.17, 15) is 23.9 Å². The minimum absolute atomic E-state index is 0.0982. The van der Waals surface area contributed by atoms with Gasteiger partial charge in [0.05, 0.1) is 23.9 Å². The van der Waals surface area contributed by atoms with Crippen LogP contribution in [0.5, 0.6) is 0 Å². The number of hydrogen-bond acceptors (Lipinski definition) is 4. The summed E-state index contributed by atoms with van der Waals surface area (Å²) in [5.41, 5.74) is 1.63. The van der Waals surface area contributed by atoms with E-state index in [-0.39, 0.29) is 23.7 Å². The molecular formula is C23H30FN3O4. The second kappa shape index (κ2) is 9.01. The molecule has 0 aliphatic rings. The quantitative estimate of drug-likeness (QED) is 0.483. The first-order valence-corrected chi connectivity index (χ1v) is 9.99. The molecule has 2 amide bonds. The predicted octanol–water partition coefficient (Wildman–Crippen LogP) is 3.05. The molecule has 0 unspecified atom stereocenters. The van der Waals surface area contributed by atoms with Gasteiger partial charge in [0, 0.05) is 18.4 Å². The van der Waals surface area contributed by atoms with Crippen LogP contribution in [0.4, 0.5) is 10.1 Å². The predicted molar refractivity (Wildman–Crippen MR) is 117 cm³/mol. The monoisotopic (exact) mass is 431 g/mol. The number of Topliss-reactive ketones (excluding diaryl/α,β-unsaturated/α-hetero) is 1. The van der Waals surface area contributed by atoms with Crippen molar-refractivity contribution in [3.8, 4) is 0 Å². The van der Waals surface area contributed by atoms with Crippen LogP contribution < -0.4 is 10.6 Å². The molecule has 31 heavy (non-hydrogen) atoms. The number of anilines is 1. The van der Waals surface area contributed by atoms with Gasteiger partial charge in [-0.05, 0) is 55.5 Å². The van der Waals surface area contributed by atoms with Crippen LogP contribution in [0.1, 0.15) is 58.4 Å². The number of ketones is 1. The molecule has 0 aliphatic heterocycles. The van der Waals surface area contributed by atoms with Crippen molar-refractivity contribution in [1.29, 1.82) is 0 Å². The summed E-state index contributed by atoms with van der Waals surface area (Å²) >= 11 is 0. The number of nitrogens with one attached hydrogen (secondary N) is 2. The molecule has 2 aromatic rings. The summed E-state index contributed by atoms with van der Waals surface area (Å²) in [6.07, 6.45) is 0. The Morgan fingerprint density at radius 3 is 2.29 bits per heavy atom. The van der Waals surface area contributed by atoms with E-state index in [0.717, 1.165) is 0 Å². The molecule has 8 heteroatoms. The molecule has 0 fully saturated rings. The highest BCUT2D eigenvalue weighted by Crippen LogP contribution is 2.24. The number of carbonyl (C=O) groups excluding carboxylic acids is 3. The number of aromatic nitrogens is 1. The van der Waals surface area contributed by atoms with Gasteiger partial charge < -0.3 is 20.3 Å². The average molecular weight is 432 g/mol. The van der Waals surface area contributed by atoms with Crippen LogP contribution >= 0.6 is 0 Å². The summed E-state index contributed by atoms with van der Waals surface area (Å²) < 4.78 is 15.0. The molecule has 168 valence electrons. The Labute approximate surface area is 181 Å². The number of benzene rings is 1. The number of halogens is 1. The van der Waals surface area contributed by atoms with Crippen molar-refractivity contribution >= 4 is 23.3 Å². The third kappa shape index (κ3) is 5.02. The largest absolute Gasteiger partial charge is 0.394 e. The lowest BCUT2D eigenvalue weighted by atomic mass is 9.87. The van der Waals surface area contributed by atoms with Crippen LogP contribution in [0.2, 0.25) is 0 Å². The number of rotatable bonds is 6. The van der Waals surface area contributed by atoms with Crippen molar-refractivity contribution in [1.82, 2.24) is 9.88 Å². The molecule has 0 saturated heterocycles. The van der Waals surface area contributed by atoms with Gasteiger partial charge in [-0.1, -0.05) is 20.8 Å². The Bertz CT molecular complexity index is 1030. The van der Waals surface area contributed by atoms with Gasteiger partial charge in [-0.3, -0.25) is 14.4 Å². The van der Waals surface area contributed by atoms with Crippen LogP contribution in [0.3, 0.4) is 0 Å². The molecule has 0 bridgehead atoms. The first kappa shape index (κ1) is 24.3. The summed E-state index contributed by atoms with van der Waals surface area (Å²) in [7, 11) is 1.61. The molecule has 0 radical (unpaired) electrons.